The lowest BCUT2D eigenvalue weighted by atomic mass is 9.66. The summed E-state index contributed by atoms with van der Waals surface area (Å²) in [6.45, 7) is 5.68. The molecule has 3 aliphatic rings. The summed E-state index contributed by atoms with van der Waals surface area (Å²) in [5.74, 6) is -0.957. The average molecular weight is 298 g/mol. The molecular formula is C16H26O5. The van der Waals surface area contributed by atoms with Crippen LogP contribution in [0.3, 0.4) is 0 Å². The molecule has 0 aromatic rings. The van der Waals surface area contributed by atoms with E-state index in [2.05, 4.69) is 6.92 Å². The van der Waals surface area contributed by atoms with Gasteiger partial charge in [-0.3, -0.25) is 4.79 Å². The van der Waals surface area contributed by atoms with Crippen molar-refractivity contribution >= 4 is 5.97 Å². The van der Waals surface area contributed by atoms with Crippen LogP contribution in [0.5, 0.6) is 0 Å². The van der Waals surface area contributed by atoms with Gasteiger partial charge in [0.2, 0.25) is 6.29 Å². The van der Waals surface area contributed by atoms with Gasteiger partial charge >= 0.3 is 5.97 Å². The molecule has 5 nitrogen and oxygen atoms in total. The summed E-state index contributed by atoms with van der Waals surface area (Å²) in [6, 6.07) is 0. The molecule has 0 unspecified atom stereocenters. The SMILES string of the molecule is CCCC[C@H]1C(=O)O[C@@H]2OC(C)(C)OO[C@@]23CCCC[C@@H]13. The number of carbonyl (C=O) groups is 1. The fourth-order valence-electron chi connectivity index (χ4n) is 3.95. The summed E-state index contributed by atoms with van der Waals surface area (Å²) in [7, 11) is 0. The first kappa shape index (κ1) is 15.3. The lowest BCUT2D eigenvalue weighted by molar-refractivity contribution is -0.557. The molecule has 0 amide bonds. The molecule has 2 saturated heterocycles. The molecule has 0 radical (unpaired) electrons. The predicted octanol–water partition coefficient (Wildman–Crippen LogP) is 3.32. The second-order valence-electron chi connectivity index (χ2n) is 7.01. The van der Waals surface area contributed by atoms with Crippen molar-refractivity contribution < 1.29 is 24.0 Å². The van der Waals surface area contributed by atoms with Crippen molar-refractivity contribution in [1.82, 2.24) is 0 Å². The van der Waals surface area contributed by atoms with E-state index < -0.39 is 17.7 Å². The fraction of sp³-hybridized carbons (Fsp3) is 0.938. The monoisotopic (exact) mass is 298 g/mol. The van der Waals surface area contributed by atoms with Gasteiger partial charge in [0.05, 0.1) is 5.92 Å². The van der Waals surface area contributed by atoms with Gasteiger partial charge in [0.15, 0.2) is 11.4 Å². The van der Waals surface area contributed by atoms with Gasteiger partial charge in [0.1, 0.15) is 0 Å². The lowest BCUT2D eigenvalue weighted by Gasteiger charge is -2.55. The highest BCUT2D eigenvalue weighted by Gasteiger charge is 2.63. The molecule has 0 bridgehead atoms. The quantitative estimate of drug-likeness (QED) is 0.591. The molecule has 2 heterocycles. The number of hydrogen-bond acceptors (Lipinski definition) is 5. The summed E-state index contributed by atoms with van der Waals surface area (Å²) in [5, 5.41) is 0. The first-order chi connectivity index (χ1) is 9.98. The largest absolute Gasteiger partial charge is 0.432 e. The van der Waals surface area contributed by atoms with Crippen molar-refractivity contribution in [1.29, 1.82) is 0 Å². The normalized spacial score (nSPS) is 41.9. The zero-order chi connectivity index (χ0) is 15.1. The Morgan fingerprint density at radius 2 is 2.05 bits per heavy atom. The number of ether oxygens (including phenoxy) is 2. The lowest BCUT2D eigenvalue weighted by Crippen LogP contribution is -2.67. The highest BCUT2D eigenvalue weighted by atomic mass is 17.3. The van der Waals surface area contributed by atoms with E-state index in [0.717, 1.165) is 44.9 Å². The third kappa shape index (κ3) is 2.60. The van der Waals surface area contributed by atoms with Gasteiger partial charge in [-0.15, -0.1) is 0 Å². The van der Waals surface area contributed by atoms with Gasteiger partial charge in [-0.2, -0.15) is 0 Å². The van der Waals surface area contributed by atoms with E-state index >= 15 is 0 Å². The first-order valence-corrected chi connectivity index (χ1v) is 8.24. The van der Waals surface area contributed by atoms with E-state index in [4.69, 9.17) is 19.2 Å². The van der Waals surface area contributed by atoms with E-state index in [1.54, 1.807) is 13.8 Å². The van der Waals surface area contributed by atoms with Gasteiger partial charge < -0.3 is 9.47 Å². The molecule has 4 atom stereocenters. The Labute approximate surface area is 126 Å². The smallest absolute Gasteiger partial charge is 0.311 e. The Morgan fingerprint density at radius 1 is 1.24 bits per heavy atom. The molecular weight excluding hydrogens is 272 g/mol. The van der Waals surface area contributed by atoms with Crippen LogP contribution >= 0.6 is 0 Å². The molecule has 0 N–H and O–H groups in total. The van der Waals surface area contributed by atoms with E-state index in [9.17, 15) is 4.79 Å². The maximum atomic E-state index is 12.4. The van der Waals surface area contributed by atoms with Crippen LogP contribution in [0.1, 0.15) is 65.7 Å². The van der Waals surface area contributed by atoms with Gasteiger partial charge in [-0.1, -0.05) is 32.6 Å². The molecule has 120 valence electrons. The average Bonchev–Trinajstić information content (AvgIpc) is 2.44. The summed E-state index contributed by atoms with van der Waals surface area (Å²) >= 11 is 0. The van der Waals surface area contributed by atoms with Crippen LogP contribution in [0.4, 0.5) is 0 Å². The molecule has 5 heteroatoms. The van der Waals surface area contributed by atoms with Crippen LogP contribution in [0, 0.1) is 11.8 Å². The van der Waals surface area contributed by atoms with Crippen molar-refractivity contribution in [3.05, 3.63) is 0 Å². The van der Waals surface area contributed by atoms with Crippen LogP contribution < -0.4 is 0 Å². The summed E-state index contributed by atoms with van der Waals surface area (Å²) in [4.78, 5) is 23.7. The van der Waals surface area contributed by atoms with Gasteiger partial charge in [-0.25, -0.2) is 9.78 Å². The van der Waals surface area contributed by atoms with Crippen LogP contribution in [0.25, 0.3) is 0 Å². The molecule has 1 spiro atoms. The number of esters is 1. The Balaban J connectivity index is 1.87. The number of hydrogen-bond donors (Lipinski definition) is 0. The summed E-state index contributed by atoms with van der Waals surface area (Å²) in [5.41, 5.74) is -0.611. The minimum Gasteiger partial charge on any atom is -0.432 e. The molecule has 0 aromatic heterocycles. The van der Waals surface area contributed by atoms with Gasteiger partial charge in [0, 0.05) is 5.92 Å². The topological polar surface area (TPSA) is 54.0 Å². The maximum absolute atomic E-state index is 12.4. The van der Waals surface area contributed by atoms with Crippen molar-refractivity contribution in [2.45, 2.75) is 83.4 Å². The third-order valence-corrected chi connectivity index (χ3v) is 5.03. The highest BCUT2D eigenvalue weighted by Crippen LogP contribution is 2.52. The molecule has 3 rings (SSSR count). The van der Waals surface area contributed by atoms with Crippen molar-refractivity contribution in [3.8, 4) is 0 Å². The molecule has 1 aliphatic carbocycles. The van der Waals surface area contributed by atoms with Crippen molar-refractivity contribution in [2.75, 3.05) is 0 Å². The van der Waals surface area contributed by atoms with E-state index in [1.807, 2.05) is 0 Å². The second kappa shape index (κ2) is 5.52. The van der Waals surface area contributed by atoms with Gasteiger partial charge in [0.25, 0.3) is 0 Å². The van der Waals surface area contributed by atoms with Crippen LogP contribution in [-0.2, 0) is 24.0 Å². The first-order valence-electron chi connectivity index (χ1n) is 8.24. The molecule has 1 saturated carbocycles. The van der Waals surface area contributed by atoms with Crippen molar-refractivity contribution in [3.63, 3.8) is 0 Å². The Morgan fingerprint density at radius 3 is 2.81 bits per heavy atom. The second-order valence-corrected chi connectivity index (χ2v) is 7.01. The molecule has 2 aliphatic heterocycles. The molecule has 0 aromatic carbocycles. The molecule has 21 heavy (non-hydrogen) atoms. The van der Waals surface area contributed by atoms with Crippen LogP contribution in [0.15, 0.2) is 0 Å². The number of carbonyl (C=O) groups excluding carboxylic acids is 1. The Kier molecular flexibility index (Phi) is 4.01. The standard InChI is InChI=1S/C16H26O5/c1-4-5-8-11-12-9-6-7-10-16(12)14(18-13(11)17)19-15(2,3)20-21-16/h11-12,14H,4-10H2,1-3H3/t11-,12+,14-,16-/m1/s1. The number of rotatable bonds is 3. The minimum absolute atomic E-state index is 0.0880. The predicted molar refractivity (Wildman–Crippen MR) is 74.9 cm³/mol. The van der Waals surface area contributed by atoms with Crippen LogP contribution in [0.2, 0.25) is 0 Å². The Bertz CT molecular complexity index is 407. The third-order valence-electron chi connectivity index (χ3n) is 5.03. The fourth-order valence-corrected chi connectivity index (χ4v) is 3.95. The van der Waals surface area contributed by atoms with Crippen molar-refractivity contribution in [2.24, 2.45) is 11.8 Å². The van der Waals surface area contributed by atoms with E-state index in [1.165, 1.54) is 0 Å². The summed E-state index contributed by atoms with van der Waals surface area (Å²) in [6.07, 6.45) is 6.32. The van der Waals surface area contributed by atoms with Crippen LogP contribution in [-0.4, -0.2) is 23.6 Å². The maximum Gasteiger partial charge on any atom is 0.311 e. The zero-order valence-corrected chi connectivity index (χ0v) is 13.2. The van der Waals surface area contributed by atoms with Gasteiger partial charge in [-0.05, 0) is 33.1 Å². The van der Waals surface area contributed by atoms with E-state index in [-0.39, 0.29) is 17.8 Å². The molecule has 3 fully saturated rings. The Hall–Kier alpha value is -0.650. The van der Waals surface area contributed by atoms with E-state index in [0.29, 0.717) is 0 Å². The summed E-state index contributed by atoms with van der Waals surface area (Å²) < 4.78 is 11.5. The highest BCUT2D eigenvalue weighted by molar-refractivity contribution is 5.74. The zero-order valence-electron chi connectivity index (χ0n) is 13.2. The minimum atomic E-state index is -0.881. The number of unbranched alkanes of at least 4 members (excludes halogenated alkanes) is 1.